The number of halogens is 1. The summed E-state index contributed by atoms with van der Waals surface area (Å²) >= 11 is 0. The first-order valence-corrected chi connectivity index (χ1v) is 9.11. The van der Waals surface area contributed by atoms with E-state index in [2.05, 4.69) is 15.1 Å². The quantitative estimate of drug-likeness (QED) is 0.894. The summed E-state index contributed by atoms with van der Waals surface area (Å²) in [7, 11) is 0. The van der Waals surface area contributed by atoms with E-state index in [-0.39, 0.29) is 17.8 Å². The Labute approximate surface area is 154 Å². The first-order valence-electron chi connectivity index (χ1n) is 9.11. The molecule has 0 aliphatic carbocycles. The highest BCUT2D eigenvalue weighted by atomic mass is 19.1. The molecule has 0 aromatic heterocycles. The lowest BCUT2D eigenvalue weighted by Crippen LogP contribution is -2.52. The Morgan fingerprint density at radius 1 is 1.08 bits per heavy atom. The summed E-state index contributed by atoms with van der Waals surface area (Å²) in [5, 5.41) is 3.02. The number of aryl methyl sites for hydroxylation is 1. The Morgan fingerprint density at radius 3 is 2.42 bits per heavy atom. The van der Waals surface area contributed by atoms with Crippen LogP contribution in [0.15, 0.2) is 48.5 Å². The number of anilines is 1. The second-order valence-electron chi connectivity index (χ2n) is 6.88. The second-order valence-corrected chi connectivity index (χ2v) is 6.88. The summed E-state index contributed by atoms with van der Waals surface area (Å²) in [6.45, 7) is 7.81. The molecule has 4 nitrogen and oxygen atoms in total. The van der Waals surface area contributed by atoms with E-state index in [1.807, 2.05) is 50.2 Å². The normalized spacial score (nSPS) is 17.0. The van der Waals surface area contributed by atoms with E-state index in [9.17, 15) is 9.18 Å². The summed E-state index contributed by atoms with van der Waals surface area (Å²) in [4.78, 5) is 17.0. The Hall–Kier alpha value is -2.24. The van der Waals surface area contributed by atoms with Gasteiger partial charge in [-0.15, -0.1) is 0 Å². The highest BCUT2D eigenvalue weighted by Gasteiger charge is 2.26. The molecule has 1 aliphatic heterocycles. The number of rotatable bonds is 5. The van der Waals surface area contributed by atoms with Crippen LogP contribution in [0.2, 0.25) is 0 Å². The summed E-state index contributed by atoms with van der Waals surface area (Å²) in [5.74, 6) is -0.136. The monoisotopic (exact) mass is 355 g/mol. The van der Waals surface area contributed by atoms with Gasteiger partial charge in [-0.25, -0.2) is 4.39 Å². The molecule has 1 heterocycles. The lowest BCUT2D eigenvalue weighted by Gasteiger charge is -2.37. The maximum Gasteiger partial charge on any atom is 0.241 e. The van der Waals surface area contributed by atoms with E-state index in [1.165, 1.54) is 6.07 Å². The van der Waals surface area contributed by atoms with Gasteiger partial charge in [0.1, 0.15) is 5.82 Å². The number of para-hydroxylation sites is 1. The second kappa shape index (κ2) is 8.43. The van der Waals surface area contributed by atoms with Gasteiger partial charge in [-0.2, -0.15) is 0 Å². The van der Waals surface area contributed by atoms with E-state index in [1.54, 1.807) is 6.07 Å². The number of hydrogen-bond acceptors (Lipinski definition) is 3. The fraction of sp³-hybridized carbons (Fsp3) is 0.381. The van der Waals surface area contributed by atoms with Crippen LogP contribution in [0.3, 0.4) is 0 Å². The van der Waals surface area contributed by atoms with Crippen LogP contribution in [0.4, 0.5) is 10.1 Å². The van der Waals surface area contributed by atoms with Crippen molar-refractivity contribution in [3.8, 4) is 0 Å². The smallest absolute Gasteiger partial charge is 0.241 e. The van der Waals surface area contributed by atoms with E-state index in [0.29, 0.717) is 6.54 Å². The van der Waals surface area contributed by atoms with E-state index >= 15 is 0 Å². The summed E-state index contributed by atoms with van der Waals surface area (Å²) in [5.41, 5.74) is 2.65. The molecule has 0 radical (unpaired) electrons. The van der Waals surface area contributed by atoms with Crippen LogP contribution >= 0.6 is 0 Å². The number of amides is 1. The van der Waals surface area contributed by atoms with Crippen molar-refractivity contribution in [1.82, 2.24) is 9.80 Å². The Balaban J connectivity index is 1.52. The van der Waals surface area contributed by atoms with Crippen LogP contribution in [0.1, 0.15) is 18.1 Å². The molecular formula is C21H26FN3O. The van der Waals surface area contributed by atoms with Gasteiger partial charge in [-0.05, 0) is 31.5 Å². The molecule has 0 unspecified atom stereocenters. The number of piperazine rings is 1. The topological polar surface area (TPSA) is 35.6 Å². The van der Waals surface area contributed by atoms with Gasteiger partial charge in [0.15, 0.2) is 0 Å². The van der Waals surface area contributed by atoms with Crippen LogP contribution < -0.4 is 5.32 Å². The van der Waals surface area contributed by atoms with Crippen molar-refractivity contribution in [2.75, 3.05) is 31.5 Å². The number of carbonyl (C=O) groups excluding carboxylic acids is 1. The van der Waals surface area contributed by atoms with Gasteiger partial charge in [-0.1, -0.05) is 36.4 Å². The maximum atomic E-state index is 13.8. The van der Waals surface area contributed by atoms with Crippen molar-refractivity contribution in [2.45, 2.75) is 26.4 Å². The number of carbonyl (C=O) groups is 1. The van der Waals surface area contributed by atoms with Gasteiger partial charge in [0, 0.05) is 44.0 Å². The average Bonchev–Trinajstić information content (AvgIpc) is 2.65. The van der Waals surface area contributed by atoms with Crippen molar-refractivity contribution in [3.63, 3.8) is 0 Å². The minimum Gasteiger partial charge on any atom is -0.324 e. The number of benzene rings is 2. The third-order valence-electron chi connectivity index (χ3n) is 5.09. The van der Waals surface area contributed by atoms with Crippen LogP contribution in [0, 0.1) is 12.7 Å². The highest BCUT2D eigenvalue weighted by Crippen LogP contribution is 2.16. The van der Waals surface area contributed by atoms with Gasteiger partial charge >= 0.3 is 0 Å². The third kappa shape index (κ3) is 4.48. The van der Waals surface area contributed by atoms with Crippen LogP contribution in [-0.4, -0.2) is 47.9 Å². The first-order chi connectivity index (χ1) is 12.5. The molecule has 1 N–H and O–H groups in total. The molecule has 1 fully saturated rings. The molecule has 0 saturated carbocycles. The van der Waals surface area contributed by atoms with Gasteiger partial charge in [0.2, 0.25) is 5.91 Å². The third-order valence-corrected chi connectivity index (χ3v) is 5.09. The van der Waals surface area contributed by atoms with Crippen LogP contribution in [-0.2, 0) is 11.3 Å². The predicted octanol–water partition coefficient (Wildman–Crippen LogP) is 3.28. The van der Waals surface area contributed by atoms with Gasteiger partial charge in [0.25, 0.3) is 0 Å². The van der Waals surface area contributed by atoms with Crippen molar-refractivity contribution < 1.29 is 9.18 Å². The van der Waals surface area contributed by atoms with Crippen molar-refractivity contribution in [2.24, 2.45) is 0 Å². The average molecular weight is 355 g/mol. The fourth-order valence-corrected chi connectivity index (χ4v) is 3.29. The molecule has 1 saturated heterocycles. The molecule has 1 amide bonds. The largest absolute Gasteiger partial charge is 0.324 e. The Bertz CT molecular complexity index is 756. The standard InChI is InChI=1S/C21H26FN3O/c1-16-7-3-6-10-20(16)23-21(26)17(2)25-13-11-24(12-14-25)15-18-8-4-5-9-19(18)22/h3-10,17H,11-15H2,1-2H3,(H,23,26)/t17-/m1/s1. The molecule has 1 atom stereocenters. The number of nitrogens with one attached hydrogen (secondary N) is 1. The van der Waals surface area contributed by atoms with Gasteiger partial charge in [-0.3, -0.25) is 14.6 Å². The molecule has 2 aromatic rings. The first kappa shape index (κ1) is 18.5. The molecule has 138 valence electrons. The molecule has 0 bridgehead atoms. The van der Waals surface area contributed by atoms with Crippen LogP contribution in [0.25, 0.3) is 0 Å². The van der Waals surface area contributed by atoms with Gasteiger partial charge in [0.05, 0.1) is 6.04 Å². The van der Waals surface area contributed by atoms with Crippen molar-refractivity contribution in [3.05, 3.63) is 65.5 Å². The maximum absolute atomic E-state index is 13.8. The molecule has 5 heteroatoms. The zero-order valence-corrected chi connectivity index (χ0v) is 15.4. The number of nitrogens with zero attached hydrogens (tertiary/aromatic N) is 2. The Morgan fingerprint density at radius 2 is 1.73 bits per heavy atom. The molecular weight excluding hydrogens is 329 g/mol. The van der Waals surface area contributed by atoms with Crippen molar-refractivity contribution >= 4 is 11.6 Å². The van der Waals surface area contributed by atoms with E-state index in [4.69, 9.17) is 0 Å². The highest BCUT2D eigenvalue weighted by molar-refractivity contribution is 5.95. The SMILES string of the molecule is Cc1ccccc1NC(=O)[C@@H](C)N1CCN(Cc2ccccc2F)CC1. The minimum absolute atomic E-state index is 0.0156. The number of hydrogen-bond donors (Lipinski definition) is 1. The molecule has 0 spiro atoms. The lowest BCUT2D eigenvalue weighted by atomic mass is 10.1. The fourth-order valence-electron chi connectivity index (χ4n) is 3.29. The predicted molar refractivity (Wildman–Crippen MR) is 103 cm³/mol. The summed E-state index contributed by atoms with van der Waals surface area (Å²) in [6.07, 6.45) is 0. The Kier molecular flexibility index (Phi) is 6.01. The van der Waals surface area contributed by atoms with E-state index < -0.39 is 0 Å². The van der Waals surface area contributed by atoms with E-state index in [0.717, 1.165) is 43.0 Å². The van der Waals surface area contributed by atoms with Crippen molar-refractivity contribution in [1.29, 1.82) is 0 Å². The van der Waals surface area contributed by atoms with Crippen LogP contribution in [0.5, 0.6) is 0 Å². The molecule has 2 aromatic carbocycles. The summed E-state index contributed by atoms with van der Waals surface area (Å²) < 4.78 is 13.8. The molecule has 3 rings (SSSR count). The zero-order chi connectivity index (χ0) is 18.5. The minimum atomic E-state index is -0.190. The molecule has 26 heavy (non-hydrogen) atoms. The summed E-state index contributed by atoms with van der Waals surface area (Å²) in [6, 6.07) is 14.5. The van der Waals surface area contributed by atoms with Gasteiger partial charge < -0.3 is 5.32 Å². The zero-order valence-electron chi connectivity index (χ0n) is 15.4. The lowest BCUT2D eigenvalue weighted by molar-refractivity contribution is -0.121. The molecule has 1 aliphatic rings.